The third kappa shape index (κ3) is 4.71. The van der Waals surface area contributed by atoms with Crippen LogP contribution in [0.3, 0.4) is 0 Å². The zero-order valence-electron chi connectivity index (χ0n) is 13.8. The summed E-state index contributed by atoms with van der Waals surface area (Å²) in [7, 11) is 1.79. The fourth-order valence-electron chi connectivity index (χ4n) is 2.24. The molecule has 0 aliphatic heterocycles. The second-order valence-corrected chi connectivity index (χ2v) is 5.18. The number of nitrogen functional groups attached to an aromatic ring is 1. The van der Waals surface area contributed by atoms with E-state index in [0.29, 0.717) is 23.1 Å². The first kappa shape index (κ1) is 18.3. The van der Waals surface area contributed by atoms with E-state index in [1.165, 1.54) is 0 Å². The number of nitrogens with two attached hydrogens (primary N) is 1. The highest BCUT2D eigenvalue weighted by Gasteiger charge is 2.10. The van der Waals surface area contributed by atoms with Crippen molar-refractivity contribution in [2.75, 3.05) is 23.4 Å². The van der Waals surface area contributed by atoms with Crippen molar-refractivity contribution in [2.24, 2.45) is 0 Å². The Morgan fingerprint density at radius 2 is 1.44 bits per heavy atom. The maximum Gasteiger partial charge on any atom is 0.159 e. The minimum absolute atomic E-state index is 0. The van der Waals surface area contributed by atoms with Gasteiger partial charge in [-0.3, -0.25) is 0 Å². The average molecular weight is 354 g/mol. The topological polar surface area (TPSA) is 75.9 Å². The molecule has 4 N–H and O–H groups in total. The fourth-order valence-corrected chi connectivity index (χ4v) is 2.24. The van der Waals surface area contributed by atoms with E-state index in [0.717, 1.165) is 11.3 Å². The predicted octanol–water partition coefficient (Wildman–Crippen LogP) is 4.44. The Morgan fingerprint density at radius 3 is 2.08 bits per heavy atom. The Hall–Kier alpha value is -3.05. The van der Waals surface area contributed by atoms with Gasteiger partial charge in [0.05, 0.1) is 0 Å². The summed E-state index contributed by atoms with van der Waals surface area (Å²) in [5.74, 6) is 1.75. The second kappa shape index (κ2) is 8.70. The zero-order chi connectivity index (χ0) is 16.8. The van der Waals surface area contributed by atoms with Gasteiger partial charge in [0.2, 0.25) is 0 Å². The summed E-state index contributed by atoms with van der Waals surface area (Å²) in [6.07, 6.45) is 3.84. The monoisotopic (exact) mass is 353 g/mol. The molecule has 0 fully saturated rings. The molecule has 0 amide bonds. The van der Waals surface area contributed by atoms with Gasteiger partial charge >= 0.3 is 0 Å². The van der Waals surface area contributed by atoms with Crippen molar-refractivity contribution in [1.82, 2.24) is 9.97 Å². The van der Waals surface area contributed by atoms with E-state index in [4.69, 9.17) is 5.73 Å². The molecule has 1 aromatic heterocycles. The standard InChI is InChI=1S/C19H19N5.ClH/c1-21-18-17(20)19(22-15-10-6-3-7-11-15)24-16(23-18)13-12-14-8-4-2-5-9-14;/h2-13H,20H2,1H3,(H2,21,22,23,24);1H/b13-12+;. The van der Waals surface area contributed by atoms with Gasteiger partial charge in [-0.05, 0) is 23.8 Å². The van der Waals surface area contributed by atoms with E-state index in [9.17, 15) is 0 Å². The van der Waals surface area contributed by atoms with Gasteiger partial charge in [0.15, 0.2) is 17.5 Å². The minimum Gasteiger partial charge on any atom is -0.393 e. The molecule has 0 saturated carbocycles. The van der Waals surface area contributed by atoms with Crippen molar-refractivity contribution in [3.63, 3.8) is 0 Å². The van der Waals surface area contributed by atoms with E-state index in [1.54, 1.807) is 7.05 Å². The molecule has 0 radical (unpaired) electrons. The Bertz CT molecular complexity index is 835. The molecule has 0 unspecified atom stereocenters. The number of benzene rings is 2. The molecule has 128 valence electrons. The summed E-state index contributed by atoms with van der Waals surface area (Å²) < 4.78 is 0. The molecule has 0 bridgehead atoms. The molecule has 0 spiro atoms. The van der Waals surface area contributed by atoms with E-state index in [2.05, 4.69) is 20.6 Å². The molecule has 6 heteroatoms. The van der Waals surface area contributed by atoms with Gasteiger partial charge in [-0.1, -0.05) is 54.6 Å². The van der Waals surface area contributed by atoms with Gasteiger partial charge in [0.1, 0.15) is 5.69 Å². The van der Waals surface area contributed by atoms with E-state index >= 15 is 0 Å². The highest BCUT2D eigenvalue weighted by molar-refractivity contribution is 5.85. The molecule has 3 aromatic rings. The van der Waals surface area contributed by atoms with Crippen molar-refractivity contribution >= 4 is 47.6 Å². The first-order chi connectivity index (χ1) is 11.8. The van der Waals surface area contributed by atoms with Crippen LogP contribution in [0.4, 0.5) is 23.0 Å². The molecule has 0 saturated heterocycles. The van der Waals surface area contributed by atoms with Crippen LogP contribution in [0.25, 0.3) is 12.2 Å². The number of hydrogen-bond donors (Lipinski definition) is 3. The van der Waals surface area contributed by atoms with E-state index in [1.807, 2.05) is 72.8 Å². The summed E-state index contributed by atoms with van der Waals surface area (Å²) in [6.45, 7) is 0. The third-order valence-corrected chi connectivity index (χ3v) is 3.46. The highest BCUT2D eigenvalue weighted by atomic mass is 35.5. The van der Waals surface area contributed by atoms with Crippen LogP contribution in [0.15, 0.2) is 60.7 Å². The number of nitrogens with one attached hydrogen (secondary N) is 2. The van der Waals surface area contributed by atoms with Crippen LogP contribution in [0.5, 0.6) is 0 Å². The van der Waals surface area contributed by atoms with Crippen molar-refractivity contribution in [3.05, 3.63) is 72.1 Å². The number of hydrogen-bond acceptors (Lipinski definition) is 5. The molecule has 2 aromatic carbocycles. The number of halogens is 1. The molecule has 1 heterocycles. The first-order valence-electron chi connectivity index (χ1n) is 7.67. The number of anilines is 4. The molecule has 0 aliphatic rings. The lowest BCUT2D eigenvalue weighted by Gasteiger charge is -2.12. The second-order valence-electron chi connectivity index (χ2n) is 5.18. The summed E-state index contributed by atoms with van der Waals surface area (Å²) in [5.41, 5.74) is 8.63. The number of rotatable bonds is 5. The molecule has 3 rings (SSSR count). The lowest BCUT2D eigenvalue weighted by Crippen LogP contribution is -2.07. The van der Waals surface area contributed by atoms with Crippen LogP contribution in [0, 0.1) is 0 Å². The third-order valence-electron chi connectivity index (χ3n) is 3.46. The molecular formula is C19H20ClN5. The Morgan fingerprint density at radius 1 is 0.840 bits per heavy atom. The molecule has 25 heavy (non-hydrogen) atoms. The normalized spacial score (nSPS) is 10.3. The number of nitrogens with zero attached hydrogens (tertiary/aromatic N) is 2. The van der Waals surface area contributed by atoms with Crippen LogP contribution in [0.2, 0.25) is 0 Å². The van der Waals surface area contributed by atoms with Gasteiger partial charge in [-0.15, -0.1) is 12.4 Å². The molecule has 0 aliphatic carbocycles. The predicted molar refractivity (Wildman–Crippen MR) is 108 cm³/mol. The smallest absolute Gasteiger partial charge is 0.159 e. The Balaban J connectivity index is 0.00000225. The summed E-state index contributed by atoms with van der Waals surface area (Å²) in [6, 6.07) is 19.8. The van der Waals surface area contributed by atoms with Crippen molar-refractivity contribution in [2.45, 2.75) is 0 Å². The minimum atomic E-state index is 0. The molecule has 0 atom stereocenters. The van der Waals surface area contributed by atoms with E-state index < -0.39 is 0 Å². The van der Waals surface area contributed by atoms with Crippen LogP contribution < -0.4 is 16.4 Å². The van der Waals surface area contributed by atoms with Crippen LogP contribution in [-0.4, -0.2) is 17.0 Å². The lowest BCUT2D eigenvalue weighted by molar-refractivity contribution is 1.13. The zero-order valence-corrected chi connectivity index (χ0v) is 14.6. The Labute approximate surface area is 153 Å². The fraction of sp³-hybridized carbons (Fsp3) is 0.0526. The Kier molecular flexibility index (Phi) is 6.37. The van der Waals surface area contributed by atoms with Crippen LogP contribution in [-0.2, 0) is 0 Å². The summed E-state index contributed by atoms with van der Waals surface area (Å²) in [5, 5.41) is 6.25. The lowest BCUT2D eigenvalue weighted by atomic mass is 10.2. The quantitative estimate of drug-likeness (QED) is 0.632. The number of para-hydroxylation sites is 1. The van der Waals surface area contributed by atoms with Crippen molar-refractivity contribution < 1.29 is 0 Å². The van der Waals surface area contributed by atoms with E-state index in [-0.39, 0.29) is 12.4 Å². The average Bonchev–Trinajstić information content (AvgIpc) is 2.64. The van der Waals surface area contributed by atoms with Crippen molar-refractivity contribution in [3.8, 4) is 0 Å². The van der Waals surface area contributed by atoms with Gasteiger partial charge in [-0.25, -0.2) is 9.97 Å². The maximum atomic E-state index is 6.14. The maximum absolute atomic E-state index is 6.14. The van der Waals surface area contributed by atoms with Gasteiger partial charge in [0.25, 0.3) is 0 Å². The van der Waals surface area contributed by atoms with Gasteiger partial charge in [-0.2, -0.15) is 0 Å². The van der Waals surface area contributed by atoms with Crippen LogP contribution >= 0.6 is 12.4 Å². The van der Waals surface area contributed by atoms with Crippen LogP contribution in [0.1, 0.15) is 11.4 Å². The number of aromatic nitrogens is 2. The van der Waals surface area contributed by atoms with Crippen molar-refractivity contribution in [1.29, 1.82) is 0 Å². The first-order valence-corrected chi connectivity index (χ1v) is 7.67. The molecular weight excluding hydrogens is 334 g/mol. The summed E-state index contributed by atoms with van der Waals surface area (Å²) >= 11 is 0. The van der Waals surface area contributed by atoms with Gasteiger partial charge < -0.3 is 16.4 Å². The highest BCUT2D eigenvalue weighted by Crippen LogP contribution is 2.27. The molecule has 5 nitrogen and oxygen atoms in total. The SMILES string of the molecule is CNc1nc(/C=C/c2ccccc2)nc(Nc2ccccc2)c1N.Cl. The summed E-state index contributed by atoms with van der Waals surface area (Å²) in [4.78, 5) is 8.95. The largest absolute Gasteiger partial charge is 0.393 e. The van der Waals surface area contributed by atoms with Gasteiger partial charge in [0, 0.05) is 12.7 Å².